The van der Waals surface area contributed by atoms with Gasteiger partial charge in [-0.15, -0.1) is 0 Å². The van der Waals surface area contributed by atoms with Crippen molar-refractivity contribution >= 4 is 16.7 Å². The van der Waals surface area contributed by atoms with E-state index in [-0.39, 0.29) is 24.3 Å². The first-order valence-electron chi connectivity index (χ1n) is 9.08. The molecule has 1 aliphatic heterocycles. The van der Waals surface area contributed by atoms with Crippen molar-refractivity contribution in [3.05, 3.63) is 69.0 Å². The third-order valence-electron chi connectivity index (χ3n) is 4.78. The molecule has 2 aromatic heterocycles. The van der Waals surface area contributed by atoms with E-state index < -0.39 is 5.69 Å². The number of para-hydroxylation sites is 1. The summed E-state index contributed by atoms with van der Waals surface area (Å²) >= 11 is 0. The molecule has 2 atom stereocenters. The molecule has 0 aliphatic carbocycles. The predicted octanol–water partition coefficient (Wildman–Crippen LogP) is 1.75. The third kappa shape index (κ3) is 3.50. The average Bonchev–Trinajstić information content (AvgIpc) is 2.65. The second kappa shape index (κ2) is 7.00. The molecule has 0 bridgehead atoms. The number of anilines is 1. The molecule has 0 spiro atoms. The zero-order chi connectivity index (χ0) is 19.0. The highest BCUT2D eigenvalue weighted by molar-refractivity contribution is 5.76. The highest BCUT2D eigenvalue weighted by atomic mass is 16.5. The van der Waals surface area contributed by atoms with Crippen LogP contribution in [0.1, 0.15) is 19.4 Å². The second-order valence-corrected chi connectivity index (χ2v) is 7.05. The minimum Gasteiger partial charge on any atom is -0.372 e. The van der Waals surface area contributed by atoms with E-state index in [9.17, 15) is 9.59 Å². The van der Waals surface area contributed by atoms with Crippen LogP contribution in [0.15, 0.2) is 52.2 Å². The van der Waals surface area contributed by atoms with Crippen molar-refractivity contribution in [2.45, 2.75) is 32.6 Å². The maximum absolute atomic E-state index is 12.6. The topological polar surface area (TPSA) is 80.2 Å². The van der Waals surface area contributed by atoms with Crippen LogP contribution in [0.25, 0.3) is 10.9 Å². The molecule has 0 saturated carbocycles. The number of ether oxygens (including phenoxy) is 1. The molecule has 0 unspecified atom stereocenters. The third-order valence-corrected chi connectivity index (χ3v) is 4.78. The summed E-state index contributed by atoms with van der Waals surface area (Å²) in [4.78, 5) is 34.4. The van der Waals surface area contributed by atoms with E-state index in [2.05, 4.69) is 28.7 Å². The number of hydrogen-bond donors (Lipinski definition) is 1. The lowest BCUT2D eigenvalue weighted by Crippen LogP contribution is -2.45. The van der Waals surface area contributed by atoms with Gasteiger partial charge in [0.25, 0.3) is 5.56 Å². The molecule has 140 valence electrons. The summed E-state index contributed by atoms with van der Waals surface area (Å²) in [7, 11) is 0. The zero-order valence-corrected chi connectivity index (χ0v) is 15.4. The van der Waals surface area contributed by atoms with Gasteiger partial charge in [0.1, 0.15) is 5.82 Å². The zero-order valence-electron chi connectivity index (χ0n) is 15.4. The van der Waals surface area contributed by atoms with E-state index in [0.29, 0.717) is 10.9 Å². The number of aromatic nitrogens is 3. The number of hydrogen-bond acceptors (Lipinski definition) is 5. The van der Waals surface area contributed by atoms with Gasteiger partial charge in [-0.2, -0.15) is 0 Å². The smallest absolute Gasteiger partial charge is 0.329 e. The lowest BCUT2D eigenvalue weighted by atomic mass is 10.2. The van der Waals surface area contributed by atoms with E-state index in [1.807, 2.05) is 12.1 Å². The lowest BCUT2D eigenvalue weighted by Gasteiger charge is -2.36. The molecular weight excluding hydrogens is 344 g/mol. The van der Waals surface area contributed by atoms with Gasteiger partial charge in [-0.25, -0.2) is 9.78 Å². The predicted molar refractivity (Wildman–Crippen MR) is 104 cm³/mol. The standard InChI is InChI=1S/C20H22N4O3/c1-13-10-23(11-14(2)27-13)18-8-7-15(9-21-18)12-24-19(25)16-5-3-4-6-17(16)22-20(24)26/h3-9,13-14H,10-12H2,1-2H3,(H,22,26)/t13-,14+. The fraction of sp³-hybridized carbons (Fsp3) is 0.350. The highest BCUT2D eigenvalue weighted by Gasteiger charge is 2.23. The SMILES string of the molecule is C[C@@H]1CN(c2ccc(Cn3c(=O)[nH]c4ccccc4c3=O)cn2)C[C@H](C)O1. The molecule has 3 heterocycles. The maximum atomic E-state index is 12.6. The first-order valence-corrected chi connectivity index (χ1v) is 9.08. The Labute approximate surface area is 156 Å². The number of nitrogens with zero attached hydrogens (tertiary/aromatic N) is 3. The molecule has 0 amide bonds. The summed E-state index contributed by atoms with van der Waals surface area (Å²) in [5, 5.41) is 0.498. The largest absolute Gasteiger partial charge is 0.372 e. The number of benzene rings is 1. The summed E-state index contributed by atoms with van der Waals surface area (Å²) in [6.07, 6.45) is 2.04. The monoisotopic (exact) mass is 366 g/mol. The normalized spacial score (nSPS) is 20.1. The molecule has 4 rings (SSSR count). The van der Waals surface area contributed by atoms with Gasteiger partial charge in [-0.3, -0.25) is 9.36 Å². The van der Waals surface area contributed by atoms with Gasteiger partial charge in [-0.1, -0.05) is 18.2 Å². The molecular formula is C20H22N4O3. The Kier molecular flexibility index (Phi) is 4.53. The lowest BCUT2D eigenvalue weighted by molar-refractivity contribution is -0.00545. The van der Waals surface area contributed by atoms with E-state index in [1.165, 1.54) is 4.57 Å². The van der Waals surface area contributed by atoms with Crippen LogP contribution >= 0.6 is 0 Å². The molecule has 1 N–H and O–H groups in total. The van der Waals surface area contributed by atoms with Crippen LogP contribution in [0, 0.1) is 0 Å². The fourth-order valence-corrected chi connectivity index (χ4v) is 3.59. The van der Waals surface area contributed by atoms with E-state index in [1.54, 1.807) is 30.5 Å². The number of nitrogens with one attached hydrogen (secondary N) is 1. The maximum Gasteiger partial charge on any atom is 0.329 e. The van der Waals surface area contributed by atoms with Crippen LogP contribution in [0.4, 0.5) is 5.82 Å². The molecule has 7 heteroatoms. The number of fused-ring (bicyclic) bond motifs is 1. The van der Waals surface area contributed by atoms with Crippen LogP contribution in [-0.4, -0.2) is 39.8 Å². The molecule has 7 nitrogen and oxygen atoms in total. The molecule has 1 aliphatic rings. The van der Waals surface area contributed by atoms with Crippen molar-refractivity contribution in [3.63, 3.8) is 0 Å². The summed E-state index contributed by atoms with van der Waals surface area (Å²) in [6, 6.07) is 10.9. The van der Waals surface area contributed by atoms with E-state index in [4.69, 9.17) is 4.74 Å². The van der Waals surface area contributed by atoms with Gasteiger partial charge < -0.3 is 14.6 Å². The Morgan fingerprint density at radius 1 is 1.11 bits per heavy atom. The first kappa shape index (κ1) is 17.5. The van der Waals surface area contributed by atoms with Crippen molar-refractivity contribution in [2.24, 2.45) is 0 Å². The minimum absolute atomic E-state index is 0.157. The van der Waals surface area contributed by atoms with Crippen molar-refractivity contribution in [1.29, 1.82) is 0 Å². The number of aromatic amines is 1. The van der Waals surface area contributed by atoms with Crippen LogP contribution in [-0.2, 0) is 11.3 Å². The van der Waals surface area contributed by atoms with Crippen molar-refractivity contribution in [1.82, 2.24) is 14.5 Å². The van der Waals surface area contributed by atoms with Crippen LogP contribution in [0.2, 0.25) is 0 Å². The molecule has 27 heavy (non-hydrogen) atoms. The van der Waals surface area contributed by atoms with Gasteiger partial charge in [-0.05, 0) is 37.6 Å². The van der Waals surface area contributed by atoms with E-state index >= 15 is 0 Å². The Morgan fingerprint density at radius 2 is 1.85 bits per heavy atom. The first-order chi connectivity index (χ1) is 13.0. The van der Waals surface area contributed by atoms with Crippen LogP contribution < -0.4 is 16.1 Å². The Morgan fingerprint density at radius 3 is 2.56 bits per heavy atom. The molecule has 1 saturated heterocycles. The van der Waals surface area contributed by atoms with Crippen molar-refractivity contribution < 1.29 is 4.74 Å². The Hall–Kier alpha value is -2.93. The van der Waals surface area contributed by atoms with Crippen LogP contribution in [0.3, 0.4) is 0 Å². The summed E-state index contributed by atoms with van der Waals surface area (Å²) in [5.41, 5.74) is 0.636. The van der Waals surface area contributed by atoms with Gasteiger partial charge in [0.05, 0.1) is 29.7 Å². The summed E-state index contributed by atoms with van der Waals surface area (Å²) < 4.78 is 6.96. The van der Waals surface area contributed by atoms with Crippen LogP contribution in [0.5, 0.6) is 0 Å². The summed E-state index contributed by atoms with van der Waals surface area (Å²) in [5.74, 6) is 0.875. The van der Waals surface area contributed by atoms with Gasteiger partial charge in [0.15, 0.2) is 0 Å². The van der Waals surface area contributed by atoms with E-state index in [0.717, 1.165) is 24.5 Å². The number of rotatable bonds is 3. The van der Waals surface area contributed by atoms with Gasteiger partial charge >= 0.3 is 5.69 Å². The molecule has 1 aromatic carbocycles. The quantitative estimate of drug-likeness (QED) is 0.764. The average molecular weight is 366 g/mol. The van der Waals surface area contributed by atoms with Crippen molar-refractivity contribution in [3.8, 4) is 0 Å². The molecule has 0 radical (unpaired) electrons. The van der Waals surface area contributed by atoms with Gasteiger partial charge in [0, 0.05) is 19.3 Å². The molecule has 1 fully saturated rings. The Bertz CT molecular complexity index is 1060. The minimum atomic E-state index is -0.418. The number of morpholine rings is 1. The highest BCUT2D eigenvalue weighted by Crippen LogP contribution is 2.18. The molecule has 3 aromatic rings. The Balaban J connectivity index is 1.60. The second-order valence-electron chi connectivity index (χ2n) is 7.05. The van der Waals surface area contributed by atoms with Crippen molar-refractivity contribution in [2.75, 3.05) is 18.0 Å². The summed E-state index contributed by atoms with van der Waals surface area (Å²) in [6.45, 7) is 5.87. The number of pyridine rings is 1. The van der Waals surface area contributed by atoms with Gasteiger partial charge in [0.2, 0.25) is 0 Å². The fourth-order valence-electron chi connectivity index (χ4n) is 3.59. The number of H-pyrrole nitrogens is 1.